The number of benzene rings is 3. The zero-order chi connectivity index (χ0) is 30.1. The molecule has 0 spiro atoms. The SMILES string of the molecule is c1cc2cc(c1)CNCCN1CCNCc3cccc(c3)CNCCN(CCNC2)CCNCc2cccc(c2)CNCC1. The number of nitrogens with one attached hydrogen (secondary N) is 6. The molecule has 3 aliphatic heterocycles. The summed E-state index contributed by atoms with van der Waals surface area (Å²) in [6.07, 6.45) is 0. The molecule has 8 bridgehead atoms. The molecule has 3 heterocycles. The lowest BCUT2D eigenvalue weighted by molar-refractivity contribution is 0.270. The minimum atomic E-state index is 0.901. The molecule has 0 aliphatic carbocycles. The fourth-order valence-corrected chi connectivity index (χ4v) is 6.04. The van der Waals surface area contributed by atoms with Crippen LogP contribution in [0.15, 0.2) is 72.8 Å². The Labute approximate surface area is 265 Å². The van der Waals surface area contributed by atoms with Gasteiger partial charge in [-0.2, -0.15) is 0 Å². The Hall–Kier alpha value is -2.66. The normalized spacial score (nSPS) is 22.6. The van der Waals surface area contributed by atoms with Gasteiger partial charge in [0.15, 0.2) is 0 Å². The highest BCUT2D eigenvalue weighted by Crippen LogP contribution is 2.08. The molecule has 8 heteroatoms. The fourth-order valence-electron chi connectivity index (χ4n) is 6.04. The molecule has 3 aromatic carbocycles. The van der Waals surface area contributed by atoms with E-state index in [1.807, 2.05) is 0 Å². The standard InChI is InChI=1S/C36H54N8/c1-4-31-22-32(5-1)26-38-11-17-44-19-13-40-28-34-7-2-6-33(23-34)27-39-12-18-43(16-10-37-25-31)20-14-41-29-35-8-3-9-36(24-35)30-42-15-21-44/h1-9,22-24,37-42H,10-21,25-30H2. The van der Waals surface area contributed by atoms with Crippen molar-refractivity contribution >= 4 is 0 Å². The predicted molar refractivity (Wildman–Crippen MR) is 182 cm³/mol. The van der Waals surface area contributed by atoms with Crippen molar-refractivity contribution in [1.29, 1.82) is 0 Å². The number of hydrogen-bond donors (Lipinski definition) is 6. The lowest BCUT2D eigenvalue weighted by Gasteiger charge is -2.24. The summed E-state index contributed by atoms with van der Waals surface area (Å²) in [5.74, 6) is 0. The van der Waals surface area contributed by atoms with Gasteiger partial charge in [0.25, 0.3) is 0 Å². The van der Waals surface area contributed by atoms with Crippen LogP contribution >= 0.6 is 0 Å². The van der Waals surface area contributed by atoms with E-state index in [1.54, 1.807) is 0 Å². The molecule has 0 radical (unpaired) electrons. The predicted octanol–water partition coefficient (Wildman–Crippen LogP) is 2.26. The summed E-state index contributed by atoms with van der Waals surface area (Å²) in [5.41, 5.74) is 8.12. The lowest BCUT2D eigenvalue weighted by Crippen LogP contribution is -2.40. The maximum absolute atomic E-state index is 3.71. The first-order valence-corrected chi connectivity index (χ1v) is 16.7. The van der Waals surface area contributed by atoms with Gasteiger partial charge < -0.3 is 31.9 Å². The molecule has 8 nitrogen and oxygen atoms in total. The van der Waals surface area contributed by atoms with Crippen molar-refractivity contribution in [2.24, 2.45) is 0 Å². The Kier molecular flexibility index (Phi) is 14.1. The average molecular weight is 599 g/mol. The summed E-state index contributed by atoms with van der Waals surface area (Å²) in [7, 11) is 0. The molecule has 3 aliphatic rings. The van der Waals surface area contributed by atoms with Crippen LogP contribution in [0.2, 0.25) is 0 Å². The lowest BCUT2D eigenvalue weighted by atomic mass is 10.1. The van der Waals surface area contributed by atoms with E-state index in [1.165, 1.54) is 33.4 Å². The summed E-state index contributed by atoms with van der Waals surface area (Å²) in [6.45, 7) is 17.4. The van der Waals surface area contributed by atoms with Crippen LogP contribution in [-0.2, 0) is 39.3 Å². The highest BCUT2D eigenvalue weighted by Gasteiger charge is 2.08. The maximum atomic E-state index is 3.71. The van der Waals surface area contributed by atoms with Crippen LogP contribution in [0.1, 0.15) is 33.4 Å². The van der Waals surface area contributed by atoms with Gasteiger partial charge in [0.05, 0.1) is 0 Å². The molecule has 3 aromatic rings. The van der Waals surface area contributed by atoms with Gasteiger partial charge in [0, 0.05) is 118 Å². The van der Waals surface area contributed by atoms with E-state index in [0.29, 0.717) is 0 Å². The van der Waals surface area contributed by atoms with Crippen molar-refractivity contribution in [2.75, 3.05) is 78.5 Å². The summed E-state index contributed by atoms with van der Waals surface area (Å²) in [4.78, 5) is 5.16. The highest BCUT2D eigenvalue weighted by molar-refractivity contribution is 5.25. The fraction of sp³-hybridized carbons (Fsp3) is 0.500. The van der Waals surface area contributed by atoms with Crippen LogP contribution in [0, 0.1) is 0 Å². The second-order valence-electron chi connectivity index (χ2n) is 12.2. The van der Waals surface area contributed by atoms with Gasteiger partial charge in [-0.05, 0) is 33.4 Å². The minimum absolute atomic E-state index is 0.901. The smallest absolute Gasteiger partial charge is 0.0206 e. The highest BCUT2D eigenvalue weighted by atomic mass is 15.2. The van der Waals surface area contributed by atoms with Crippen LogP contribution in [0.3, 0.4) is 0 Å². The first-order chi connectivity index (χ1) is 21.8. The number of nitrogens with zero attached hydrogens (tertiary/aromatic N) is 2. The molecule has 0 saturated heterocycles. The third-order valence-electron chi connectivity index (χ3n) is 8.58. The Morgan fingerprint density at radius 3 is 0.727 bits per heavy atom. The molecule has 0 saturated carbocycles. The zero-order valence-corrected chi connectivity index (χ0v) is 26.6. The van der Waals surface area contributed by atoms with Crippen molar-refractivity contribution in [3.05, 3.63) is 106 Å². The molecule has 0 fully saturated rings. The van der Waals surface area contributed by atoms with E-state index in [4.69, 9.17) is 0 Å². The second kappa shape index (κ2) is 19.0. The second-order valence-corrected chi connectivity index (χ2v) is 12.2. The maximum Gasteiger partial charge on any atom is 0.0206 e. The monoisotopic (exact) mass is 598 g/mol. The van der Waals surface area contributed by atoms with Crippen molar-refractivity contribution in [1.82, 2.24) is 41.7 Å². The van der Waals surface area contributed by atoms with Gasteiger partial charge in [0.1, 0.15) is 0 Å². The number of rotatable bonds is 0. The summed E-state index contributed by atoms with van der Waals surface area (Å²) in [6, 6.07) is 27.0. The average Bonchev–Trinajstić information content (AvgIpc) is 3.04. The quantitative estimate of drug-likeness (QED) is 0.236. The molecule has 0 unspecified atom stereocenters. The van der Waals surface area contributed by atoms with Gasteiger partial charge in [-0.1, -0.05) is 72.8 Å². The number of hydrogen-bond acceptors (Lipinski definition) is 8. The van der Waals surface area contributed by atoms with Crippen molar-refractivity contribution in [2.45, 2.75) is 39.3 Å². The Balaban J connectivity index is 1.30. The minimum Gasteiger partial charge on any atom is -0.311 e. The van der Waals surface area contributed by atoms with Gasteiger partial charge in [-0.15, -0.1) is 0 Å². The third kappa shape index (κ3) is 12.0. The van der Waals surface area contributed by atoms with Crippen LogP contribution in [0.4, 0.5) is 0 Å². The van der Waals surface area contributed by atoms with Gasteiger partial charge >= 0.3 is 0 Å². The molecular formula is C36H54N8. The van der Waals surface area contributed by atoms with Gasteiger partial charge in [-0.3, -0.25) is 9.80 Å². The largest absolute Gasteiger partial charge is 0.311 e. The van der Waals surface area contributed by atoms with Crippen LogP contribution < -0.4 is 31.9 Å². The van der Waals surface area contributed by atoms with E-state index in [9.17, 15) is 0 Å². The van der Waals surface area contributed by atoms with E-state index in [0.717, 1.165) is 118 Å². The molecule has 6 N–H and O–H groups in total. The Morgan fingerprint density at radius 1 is 0.318 bits per heavy atom. The molecule has 44 heavy (non-hydrogen) atoms. The molecular weight excluding hydrogens is 544 g/mol. The van der Waals surface area contributed by atoms with Crippen molar-refractivity contribution < 1.29 is 0 Å². The van der Waals surface area contributed by atoms with Gasteiger partial charge in [0.2, 0.25) is 0 Å². The van der Waals surface area contributed by atoms with Crippen LogP contribution in [0.25, 0.3) is 0 Å². The zero-order valence-electron chi connectivity index (χ0n) is 26.6. The van der Waals surface area contributed by atoms with Crippen LogP contribution in [0.5, 0.6) is 0 Å². The van der Waals surface area contributed by atoms with E-state index in [2.05, 4.69) is 114 Å². The van der Waals surface area contributed by atoms with E-state index >= 15 is 0 Å². The van der Waals surface area contributed by atoms with Crippen molar-refractivity contribution in [3.63, 3.8) is 0 Å². The van der Waals surface area contributed by atoms with E-state index in [-0.39, 0.29) is 0 Å². The Morgan fingerprint density at radius 2 is 0.523 bits per heavy atom. The molecule has 0 atom stereocenters. The summed E-state index contributed by atoms with van der Waals surface area (Å²) < 4.78 is 0. The summed E-state index contributed by atoms with van der Waals surface area (Å²) in [5, 5.41) is 22.2. The Bertz CT molecular complexity index is 1000. The first-order valence-electron chi connectivity index (χ1n) is 16.7. The molecule has 0 amide bonds. The topological polar surface area (TPSA) is 78.7 Å². The van der Waals surface area contributed by atoms with E-state index < -0.39 is 0 Å². The third-order valence-corrected chi connectivity index (χ3v) is 8.58. The summed E-state index contributed by atoms with van der Waals surface area (Å²) >= 11 is 0. The molecule has 6 rings (SSSR count). The molecule has 238 valence electrons. The molecule has 0 aromatic heterocycles. The van der Waals surface area contributed by atoms with Crippen molar-refractivity contribution in [3.8, 4) is 0 Å². The van der Waals surface area contributed by atoms with Gasteiger partial charge in [-0.25, -0.2) is 0 Å². The number of fused-ring (bicyclic) bond motifs is 18. The first kappa shape index (κ1) is 32.7. The van der Waals surface area contributed by atoms with Crippen LogP contribution in [-0.4, -0.2) is 88.3 Å².